The van der Waals surface area contributed by atoms with Gasteiger partial charge in [-0.3, -0.25) is 0 Å². The quantitative estimate of drug-likeness (QED) is 0.905. The van der Waals surface area contributed by atoms with E-state index in [9.17, 15) is 4.39 Å². The number of nitrogens with two attached hydrogens (primary N) is 1. The normalized spacial score (nSPS) is 12.6. The second-order valence-corrected chi connectivity index (χ2v) is 3.79. The third kappa shape index (κ3) is 2.69. The fourth-order valence-corrected chi connectivity index (χ4v) is 1.56. The number of rotatable bonds is 4. The SMILES string of the molecule is CCOc1ccc(Br)cc1[C@@H](N)CF. The number of benzene rings is 1. The predicted octanol–water partition coefficient (Wildman–Crippen LogP) is 2.82. The van der Waals surface area contributed by atoms with Crippen LogP contribution in [0.15, 0.2) is 22.7 Å². The van der Waals surface area contributed by atoms with Crippen molar-refractivity contribution in [3.8, 4) is 5.75 Å². The van der Waals surface area contributed by atoms with Crippen LogP contribution in [0.5, 0.6) is 5.75 Å². The largest absolute Gasteiger partial charge is 0.494 e. The minimum absolute atomic E-state index is 0.549. The van der Waals surface area contributed by atoms with Gasteiger partial charge in [-0.15, -0.1) is 0 Å². The van der Waals surface area contributed by atoms with Gasteiger partial charge in [0.25, 0.3) is 0 Å². The van der Waals surface area contributed by atoms with Crippen LogP contribution in [0.3, 0.4) is 0 Å². The van der Waals surface area contributed by atoms with E-state index < -0.39 is 12.7 Å². The summed E-state index contributed by atoms with van der Waals surface area (Å²) in [7, 11) is 0. The molecule has 0 aliphatic heterocycles. The van der Waals surface area contributed by atoms with E-state index in [1.807, 2.05) is 13.0 Å². The van der Waals surface area contributed by atoms with Crippen molar-refractivity contribution in [1.29, 1.82) is 0 Å². The Morgan fingerprint density at radius 3 is 2.86 bits per heavy atom. The highest BCUT2D eigenvalue weighted by Gasteiger charge is 2.12. The molecule has 0 radical (unpaired) electrons. The minimum atomic E-state index is -0.617. The van der Waals surface area contributed by atoms with Gasteiger partial charge in [0.15, 0.2) is 0 Å². The van der Waals surface area contributed by atoms with Crippen LogP contribution in [-0.2, 0) is 0 Å². The number of ether oxygens (including phenoxy) is 1. The first-order valence-electron chi connectivity index (χ1n) is 4.42. The number of hydrogen-bond acceptors (Lipinski definition) is 2. The van der Waals surface area contributed by atoms with Crippen LogP contribution in [0.2, 0.25) is 0 Å². The summed E-state index contributed by atoms with van der Waals surface area (Å²) in [5.74, 6) is 0.654. The van der Waals surface area contributed by atoms with Gasteiger partial charge in [0.2, 0.25) is 0 Å². The zero-order valence-corrected chi connectivity index (χ0v) is 9.55. The molecule has 78 valence electrons. The molecule has 1 atom stereocenters. The zero-order chi connectivity index (χ0) is 10.6. The van der Waals surface area contributed by atoms with Crippen LogP contribution in [0, 0.1) is 0 Å². The molecule has 2 nitrogen and oxygen atoms in total. The van der Waals surface area contributed by atoms with Crippen molar-refractivity contribution < 1.29 is 9.13 Å². The van der Waals surface area contributed by atoms with Gasteiger partial charge in [-0.2, -0.15) is 0 Å². The maximum Gasteiger partial charge on any atom is 0.124 e. The average Bonchev–Trinajstić information content (AvgIpc) is 2.20. The van der Waals surface area contributed by atoms with E-state index in [-0.39, 0.29) is 0 Å². The molecule has 14 heavy (non-hydrogen) atoms. The van der Waals surface area contributed by atoms with Crippen molar-refractivity contribution in [2.75, 3.05) is 13.3 Å². The van der Waals surface area contributed by atoms with Crippen molar-refractivity contribution in [3.63, 3.8) is 0 Å². The molecular formula is C10H13BrFNO. The van der Waals surface area contributed by atoms with E-state index in [4.69, 9.17) is 10.5 Å². The third-order valence-corrected chi connectivity index (χ3v) is 2.33. The molecule has 0 saturated carbocycles. The van der Waals surface area contributed by atoms with Crippen molar-refractivity contribution in [2.45, 2.75) is 13.0 Å². The van der Waals surface area contributed by atoms with Gasteiger partial charge < -0.3 is 10.5 Å². The summed E-state index contributed by atoms with van der Waals surface area (Å²) in [6, 6.07) is 4.81. The second kappa shape index (κ2) is 5.32. The molecule has 0 heterocycles. The van der Waals surface area contributed by atoms with Crippen LogP contribution in [0.1, 0.15) is 18.5 Å². The van der Waals surface area contributed by atoms with Gasteiger partial charge in [-0.05, 0) is 25.1 Å². The van der Waals surface area contributed by atoms with Crippen LogP contribution >= 0.6 is 15.9 Å². The van der Waals surface area contributed by atoms with Gasteiger partial charge in [0.1, 0.15) is 12.4 Å². The highest BCUT2D eigenvalue weighted by molar-refractivity contribution is 9.10. The molecule has 1 rings (SSSR count). The molecular weight excluding hydrogens is 249 g/mol. The summed E-state index contributed by atoms with van der Waals surface area (Å²) < 4.78 is 18.7. The van der Waals surface area contributed by atoms with Gasteiger partial charge in [0.05, 0.1) is 12.6 Å². The van der Waals surface area contributed by atoms with Gasteiger partial charge in [0, 0.05) is 10.0 Å². The zero-order valence-electron chi connectivity index (χ0n) is 7.97. The van der Waals surface area contributed by atoms with Crippen molar-refractivity contribution >= 4 is 15.9 Å². The number of hydrogen-bond donors (Lipinski definition) is 1. The summed E-state index contributed by atoms with van der Waals surface area (Å²) in [4.78, 5) is 0. The first-order chi connectivity index (χ1) is 6.69. The van der Waals surface area contributed by atoms with Crippen LogP contribution in [-0.4, -0.2) is 13.3 Å². The molecule has 0 aliphatic rings. The molecule has 0 saturated heterocycles. The average molecular weight is 262 g/mol. The second-order valence-electron chi connectivity index (χ2n) is 2.88. The van der Waals surface area contributed by atoms with Crippen molar-refractivity contribution in [2.24, 2.45) is 5.73 Å². The summed E-state index contributed by atoms with van der Waals surface area (Å²) in [5, 5.41) is 0. The molecule has 4 heteroatoms. The summed E-state index contributed by atoms with van der Waals surface area (Å²) >= 11 is 3.31. The fourth-order valence-electron chi connectivity index (χ4n) is 1.18. The molecule has 1 aromatic rings. The Kier molecular flexibility index (Phi) is 4.35. The van der Waals surface area contributed by atoms with Crippen LogP contribution < -0.4 is 10.5 Å². The highest BCUT2D eigenvalue weighted by Crippen LogP contribution is 2.27. The predicted molar refractivity (Wildman–Crippen MR) is 58.2 cm³/mol. The van der Waals surface area contributed by atoms with Crippen LogP contribution in [0.25, 0.3) is 0 Å². The third-order valence-electron chi connectivity index (χ3n) is 1.84. The maximum atomic E-state index is 12.4. The van der Waals surface area contributed by atoms with E-state index in [1.165, 1.54) is 0 Å². The van der Waals surface area contributed by atoms with E-state index in [2.05, 4.69) is 15.9 Å². The molecule has 2 N–H and O–H groups in total. The lowest BCUT2D eigenvalue weighted by atomic mass is 10.1. The Morgan fingerprint density at radius 1 is 1.57 bits per heavy atom. The fraction of sp³-hybridized carbons (Fsp3) is 0.400. The van der Waals surface area contributed by atoms with Gasteiger partial charge in [-0.25, -0.2) is 4.39 Å². The Morgan fingerprint density at radius 2 is 2.29 bits per heavy atom. The molecule has 0 fully saturated rings. The monoisotopic (exact) mass is 261 g/mol. The van der Waals surface area contributed by atoms with E-state index in [0.29, 0.717) is 17.9 Å². The molecule has 1 aromatic carbocycles. The smallest absolute Gasteiger partial charge is 0.124 e. The molecule has 0 spiro atoms. The van der Waals surface area contributed by atoms with E-state index in [1.54, 1.807) is 12.1 Å². The molecule has 0 amide bonds. The highest BCUT2D eigenvalue weighted by atomic mass is 79.9. The van der Waals surface area contributed by atoms with E-state index >= 15 is 0 Å². The summed E-state index contributed by atoms with van der Waals surface area (Å²) in [6.45, 7) is 1.84. The maximum absolute atomic E-state index is 12.4. The molecule has 0 aliphatic carbocycles. The number of alkyl halides is 1. The van der Waals surface area contributed by atoms with Gasteiger partial charge in [-0.1, -0.05) is 15.9 Å². The van der Waals surface area contributed by atoms with Crippen LogP contribution in [0.4, 0.5) is 4.39 Å². The Bertz CT molecular complexity index is 306. The molecule has 0 bridgehead atoms. The Labute approximate surface area is 91.4 Å². The first-order valence-corrected chi connectivity index (χ1v) is 5.22. The molecule has 0 aromatic heterocycles. The van der Waals surface area contributed by atoms with E-state index in [0.717, 1.165) is 4.47 Å². The topological polar surface area (TPSA) is 35.2 Å². The molecule has 0 unspecified atom stereocenters. The number of halogens is 2. The minimum Gasteiger partial charge on any atom is -0.494 e. The lowest BCUT2D eigenvalue weighted by Crippen LogP contribution is -2.13. The first kappa shape index (κ1) is 11.5. The summed E-state index contributed by atoms with van der Waals surface area (Å²) in [5.41, 5.74) is 6.32. The van der Waals surface area contributed by atoms with Crippen molar-refractivity contribution in [3.05, 3.63) is 28.2 Å². The lowest BCUT2D eigenvalue weighted by Gasteiger charge is -2.14. The lowest BCUT2D eigenvalue weighted by molar-refractivity contribution is 0.329. The van der Waals surface area contributed by atoms with Crippen molar-refractivity contribution in [1.82, 2.24) is 0 Å². The van der Waals surface area contributed by atoms with Gasteiger partial charge >= 0.3 is 0 Å². The Balaban J connectivity index is 3.02. The standard InChI is InChI=1S/C10H13BrFNO/c1-2-14-10-4-3-7(11)5-8(10)9(13)6-12/h3-5,9H,2,6,13H2,1H3/t9-/m0/s1. The summed E-state index contributed by atoms with van der Waals surface area (Å²) in [6.07, 6.45) is 0. The Hall–Kier alpha value is -0.610.